The normalized spacial score (nSPS) is 11.0. The number of para-hydroxylation sites is 1. The van der Waals surface area contributed by atoms with Crippen molar-refractivity contribution in [2.75, 3.05) is 7.11 Å². The number of hydrogen-bond acceptors (Lipinski definition) is 5. The van der Waals surface area contributed by atoms with Crippen molar-refractivity contribution < 1.29 is 13.9 Å². The number of hydrogen-bond donors (Lipinski definition) is 0. The van der Waals surface area contributed by atoms with Crippen LogP contribution in [0.5, 0.6) is 17.2 Å². The fourth-order valence-electron chi connectivity index (χ4n) is 2.91. The van der Waals surface area contributed by atoms with E-state index >= 15 is 0 Å². The summed E-state index contributed by atoms with van der Waals surface area (Å²) in [6.45, 7) is 1.86. The third kappa shape index (κ3) is 2.86. The van der Waals surface area contributed by atoms with E-state index in [2.05, 4.69) is 4.98 Å². The van der Waals surface area contributed by atoms with E-state index in [1.54, 1.807) is 19.2 Å². The third-order valence-corrected chi connectivity index (χ3v) is 4.30. The van der Waals surface area contributed by atoms with Crippen molar-refractivity contribution >= 4 is 33.5 Å². The second-order valence-electron chi connectivity index (χ2n) is 5.81. The Kier molecular flexibility index (Phi) is 4.01. The van der Waals surface area contributed by atoms with Crippen molar-refractivity contribution in [2.45, 2.75) is 6.92 Å². The smallest absolute Gasteiger partial charge is 0.336 e. The molecule has 4 rings (SSSR count). The highest BCUT2D eigenvalue weighted by atomic mass is 35.5. The first-order valence-corrected chi connectivity index (χ1v) is 8.28. The molecular weight excluding hydrogens is 354 g/mol. The Hall–Kier alpha value is -3.05. The molecule has 4 aromatic rings. The van der Waals surface area contributed by atoms with Crippen molar-refractivity contribution in [3.8, 4) is 17.2 Å². The van der Waals surface area contributed by atoms with Crippen LogP contribution in [0.3, 0.4) is 0 Å². The second kappa shape index (κ2) is 6.35. The molecule has 0 aliphatic carbocycles. The lowest BCUT2D eigenvalue weighted by atomic mass is 10.1. The zero-order valence-corrected chi connectivity index (χ0v) is 14.8. The molecule has 0 aliphatic rings. The SMILES string of the molecule is COc1cccc2c(Oc3ccc4c(C)cc(=O)oc4c3)cc(Cl)nc12. The summed E-state index contributed by atoms with van der Waals surface area (Å²) in [5.74, 6) is 1.67. The molecule has 0 radical (unpaired) electrons. The van der Waals surface area contributed by atoms with Gasteiger partial charge in [-0.1, -0.05) is 17.7 Å². The van der Waals surface area contributed by atoms with Gasteiger partial charge in [0.05, 0.1) is 7.11 Å². The second-order valence-corrected chi connectivity index (χ2v) is 6.20. The van der Waals surface area contributed by atoms with Gasteiger partial charge in [0.1, 0.15) is 33.5 Å². The molecule has 0 fully saturated rings. The first-order valence-electron chi connectivity index (χ1n) is 7.91. The molecule has 6 heteroatoms. The van der Waals surface area contributed by atoms with Crippen molar-refractivity contribution in [3.05, 3.63) is 69.7 Å². The van der Waals surface area contributed by atoms with Gasteiger partial charge in [-0.2, -0.15) is 0 Å². The number of rotatable bonds is 3. The highest BCUT2D eigenvalue weighted by Crippen LogP contribution is 2.36. The summed E-state index contributed by atoms with van der Waals surface area (Å²) < 4.78 is 16.6. The molecule has 130 valence electrons. The van der Waals surface area contributed by atoms with E-state index < -0.39 is 5.63 Å². The van der Waals surface area contributed by atoms with Crippen LogP contribution >= 0.6 is 11.6 Å². The Labute approximate surface area is 153 Å². The van der Waals surface area contributed by atoms with Crippen molar-refractivity contribution in [1.82, 2.24) is 4.98 Å². The molecule has 0 saturated carbocycles. The standard InChI is InChI=1S/C20H14ClNO4/c1-11-8-19(23)26-16-9-12(6-7-13(11)16)25-17-10-18(21)22-20-14(17)4-3-5-15(20)24-2/h3-10H,1-2H3. The van der Waals surface area contributed by atoms with Crippen LogP contribution in [0.1, 0.15) is 5.56 Å². The quantitative estimate of drug-likeness (QED) is 0.372. The van der Waals surface area contributed by atoms with Gasteiger partial charge >= 0.3 is 5.63 Å². The van der Waals surface area contributed by atoms with Crippen LogP contribution in [-0.2, 0) is 0 Å². The summed E-state index contributed by atoms with van der Waals surface area (Å²) in [5.41, 5.74) is 1.54. The molecule has 0 unspecified atom stereocenters. The van der Waals surface area contributed by atoms with Crippen LogP contribution < -0.4 is 15.1 Å². The van der Waals surface area contributed by atoms with Gasteiger partial charge < -0.3 is 13.9 Å². The summed E-state index contributed by atoms with van der Waals surface area (Å²) in [4.78, 5) is 15.9. The number of nitrogens with zero attached hydrogens (tertiary/aromatic N) is 1. The van der Waals surface area contributed by atoms with Gasteiger partial charge in [0, 0.05) is 29.0 Å². The summed E-state index contributed by atoms with van der Waals surface area (Å²) in [6, 6.07) is 14.0. The Bertz CT molecular complexity index is 1200. The molecule has 0 saturated heterocycles. The number of halogens is 1. The molecule has 0 N–H and O–H groups in total. The van der Waals surface area contributed by atoms with E-state index in [9.17, 15) is 4.79 Å². The van der Waals surface area contributed by atoms with Crippen molar-refractivity contribution in [1.29, 1.82) is 0 Å². The maximum atomic E-state index is 11.6. The van der Waals surface area contributed by atoms with Crippen molar-refractivity contribution in [2.24, 2.45) is 0 Å². The van der Waals surface area contributed by atoms with Gasteiger partial charge in [-0.15, -0.1) is 0 Å². The lowest BCUT2D eigenvalue weighted by Gasteiger charge is -2.12. The average molecular weight is 368 g/mol. The first-order chi connectivity index (χ1) is 12.5. The maximum absolute atomic E-state index is 11.6. The summed E-state index contributed by atoms with van der Waals surface area (Å²) in [6.07, 6.45) is 0. The molecule has 2 aromatic carbocycles. The Morgan fingerprint density at radius 3 is 2.69 bits per heavy atom. The third-order valence-electron chi connectivity index (χ3n) is 4.10. The molecule has 2 aromatic heterocycles. The number of aromatic nitrogens is 1. The number of benzene rings is 2. The van der Waals surface area contributed by atoms with Crippen LogP contribution in [0, 0.1) is 6.92 Å². The number of pyridine rings is 1. The minimum Gasteiger partial charge on any atom is -0.494 e. The lowest BCUT2D eigenvalue weighted by molar-refractivity contribution is 0.418. The van der Waals surface area contributed by atoms with Crippen LogP contribution in [0.15, 0.2) is 57.7 Å². The summed E-state index contributed by atoms with van der Waals surface area (Å²) >= 11 is 6.15. The predicted molar refractivity (Wildman–Crippen MR) is 101 cm³/mol. The van der Waals surface area contributed by atoms with Gasteiger partial charge in [0.2, 0.25) is 0 Å². The van der Waals surface area contributed by atoms with E-state index in [1.165, 1.54) is 6.07 Å². The molecule has 26 heavy (non-hydrogen) atoms. The van der Waals surface area contributed by atoms with E-state index in [1.807, 2.05) is 37.3 Å². The molecule has 0 spiro atoms. The predicted octanol–water partition coefficient (Wildman–Crippen LogP) is 5.10. The zero-order chi connectivity index (χ0) is 18.3. The van der Waals surface area contributed by atoms with E-state index in [-0.39, 0.29) is 0 Å². The largest absolute Gasteiger partial charge is 0.494 e. The van der Waals surface area contributed by atoms with Crippen LogP contribution in [0.4, 0.5) is 0 Å². The minimum absolute atomic E-state index is 0.292. The first kappa shape index (κ1) is 16.4. The van der Waals surface area contributed by atoms with Crippen LogP contribution in [0.25, 0.3) is 21.9 Å². The van der Waals surface area contributed by atoms with Gasteiger partial charge in [-0.05, 0) is 36.8 Å². The number of fused-ring (bicyclic) bond motifs is 2. The van der Waals surface area contributed by atoms with Crippen molar-refractivity contribution in [3.63, 3.8) is 0 Å². The number of ether oxygens (including phenoxy) is 2. The Morgan fingerprint density at radius 2 is 1.88 bits per heavy atom. The molecule has 0 atom stereocenters. The Balaban J connectivity index is 1.85. The number of methoxy groups -OCH3 is 1. The molecular formula is C20H14ClNO4. The fourth-order valence-corrected chi connectivity index (χ4v) is 3.09. The highest BCUT2D eigenvalue weighted by molar-refractivity contribution is 6.30. The maximum Gasteiger partial charge on any atom is 0.336 e. The fraction of sp³-hybridized carbons (Fsp3) is 0.100. The van der Waals surface area contributed by atoms with Gasteiger partial charge in [-0.3, -0.25) is 0 Å². The molecule has 5 nitrogen and oxygen atoms in total. The van der Waals surface area contributed by atoms with E-state index in [0.29, 0.717) is 33.5 Å². The lowest BCUT2D eigenvalue weighted by Crippen LogP contribution is -1.98. The van der Waals surface area contributed by atoms with Crippen LogP contribution in [-0.4, -0.2) is 12.1 Å². The topological polar surface area (TPSA) is 61.6 Å². The van der Waals surface area contributed by atoms with Gasteiger partial charge in [0.15, 0.2) is 0 Å². The molecule has 2 heterocycles. The van der Waals surface area contributed by atoms with E-state index in [0.717, 1.165) is 16.3 Å². The monoisotopic (exact) mass is 367 g/mol. The Morgan fingerprint density at radius 1 is 1.04 bits per heavy atom. The molecule has 0 aliphatic heterocycles. The van der Waals surface area contributed by atoms with Crippen LogP contribution in [0.2, 0.25) is 5.15 Å². The van der Waals surface area contributed by atoms with Gasteiger partial charge in [-0.25, -0.2) is 9.78 Å². The highest BCUT2D eigenvalue weighted by Gasteiger charge is 2.12. The molecule has 0 bridgehead atoms. The summed E-state index contributed by atoms with van der Waals surface area (Å²) in [5, 5.41) is 1.91. The zero-order valence-electron chi connectivity index (χ0n) is 14.1. The average Bonchev–Trinajstić information content (AvgIpc) is 2.60. The number of aryl methyl sites for hydroxylation is 1. The molecule has 0 amide bonds. The van der Waals surface area contributed by atoms with E-state index in [4.69, 9.17) is 25.5 Å². The summed E-state index contributed by atoms with van der Waals surface area (Å²) in [7, 11) is 1.57. The van der Waals surface area contributed by atoms with Gasteiger partial charge in [0.25, 0.3) is 0 Å². The minimum atomic E-state index is -0.394.